The number of amides is 4. The molecule has 1 aromatic heterocycles. The first-order chi connectivity index (χ1) is 13.0. The molecule has 1 aliphatic heterocycles. The molecule has 1 aliphatic rings. The van der Waals surface area contributed by atoms with Gasteiger partial charge in [0.2, 0.25) is 5.91 Å². The number of nitrogens with one attached hydrogen (secondary N) is 2. The molecule has 2 heterocycles. The van der Waals surface area contributed by atoms with E-state index in [2.05, 4.69) is 15.5 Å². The van der Waals surface area contributed by atoms with Gasteiger partial charge in [-0.2, -0.15) is 0 Å². The maximum Gasteiger partial charge on any atom is 0.324 e. The summed E-state index contributed by atoms with van der Waals surface area (Å²) < 4.78 is 0. The zero-order valence-electron chi connectivity index (χ0n) is 15.3. The molecular weight excluding hydrogens is 364 g/mol. The summed E-state index contributed by atoms with van der Waals surface area (Å²) in [5, 5.41) is 7.48. The summed E-state index contributed by atoms with van der Waals surface area (Å²) in [6.07, 6.45) is 0. The fraction of sp³-hybridized carbons (Fsp3) is 0.316. The van der Waals surface area contributed by atoms with Gasteiger partial charge in [-0.3, -0.25) is 14.5 Å². The lowest BCUT2D eigenvalue weighted by molar-refractivity contribution is -0.125. The molecule has 0 saturated carbocycles. The molecule has 142 valence electrons. The van der Waals surface area contributed by atoms with E-state index in [0.717, 1.165) is 4.90 Å². The van der Waals surface area contributed by atoms with Crippen LogP contribution >= 0.6 is 11.3 Å². The maximum absolute atomic E-state index is 12.8. The summed E-state index contributed by atoms with van der Waals surface area (Å²) in [5.74, 6) is -0.512. The summed E-state index contributed by atoms with van der Waals surface area (Å²) in [6.45, 7) is 0.540. The molecular formula is C19H22N4O3S. The minimum absolute atomic E-state index is 0.00146. The molecule has 2 aromatic rings. The SMILES string of the molecule is CN(C)C(CNC(=O)c1ccccc1CN1C(=O)CNC1=O)c1cccs1. The van der Waals surface area contributed by atoms with E-state index in [-0.39, 0.29) is 30.9 Å². The number of imide groups is 1. The van der Waals surface area contributed by atoms with Crippen LogP contribution in [0, 0.1) is 0 Å². The quantitative estimate of drug-likeness (QED) is 0.712. The number of hydrogen-bond acceptors (Lipinski definition) is 5. The normalized spacial score (nSPS) is 15.1. The summed E-state index contributed by atoms with van der Waals surface area (Å²) in [5.41, 5.74) is 1.10. The summed E-state index contributed by atoms with van der Waals surface area (Å²) >= 11 is 1.65. The first-order valence-electron chi connectivity index (χ1n) is 8.61. The van der Waals surface area contributed by atoms with Crippen molar-refractivity contribution in [3.8, 4) is 0 Å². The van der Waals surface area contributed by atoms with Crippen LogP contribution in [0.4, 0.5) is 4.79 Å². The lowest BCUT2D eigenvalue weighted by atomic mass is 10.1. The van der Waals surface area contributed by atoms with E-state index in [1.54, 1.807) is 35.6 Å². The maximum atomic E-state index is 12.8. The van der Waals surface area contributed by atoms with E-state index in [4.69, 9.17) is 0 Å². The number of rotatable bonds is 7. The molecule has 1 saturated heterocycles. The Kier molecular flexibility index (Phi) is 5.88. The van der Waals surface area contributed by atoms with Crippen LogP contribution in [0.15, 0.2) is 41.8 Å². The number of nitrogens with zero attached hydrogens (tertiary/aromatic N) is 2. The standard InChI is InChI=1S/C19H22N4O3S/c1-22(2)15(16-8-5-9-27-16)10-20-18(25)14-7-4-3-6-13(14)12-23-17(24)11-21-19(23)26/h3-9,15H,10-12H2,1-2H3,(H,20,25)(H,21,26). The van der Waals surface area contributed by atoms with Crippen molar-refractivity contribution in [2.24, 2.45) is 0 Å². The Morgan fingerprint density at radius 3 is 2.67 bits per heavy atom. The third-order valence-corrected chi connectivity index (χ3v) is 5.45. The minimum atomic E-state index is -0.430. The minimum Gasteiger partial charge on any atom is -0.350 e. The molecule has 7 nitrogen and oxygen atoms in total. The molecule has 0 spiro atoms. The molecule has 1 atom stereocenters. The van der Waals surface area contributed by atoms with Gasteiger partial charge < -0.3 is 15.5 Å². The molecule has 8 heteroatoms. The van der Waals surface area contributed by atoms with Crippen molar-refractivity contribution in [2.45, 2.75) is 12.6 Å². The number of carbonyl (C=O) groups is 3. The molecule has 1 unspecified atom stereocenters. The smallest absolute Gasteiger partial charge is 0.324 e. The highest BCUT2D eigenvalue weighted by Gasteiger charge is 2.29. The summed E-state index contributed by atoms with van der Waals surface area (Å²) in [6, 6.07) is 10.7. The van der Waals surface area contributed by atoms with E-state index in [1.165, 1.54) is 4.88 Å². The number of carbonyl (C=O) groups excluding carboxylic acids is 3. The average molecular weight is 386 g/mol. The lowest BCUT2D eigenvalue weighted by Crippen LogP contribution is -2.35. The van der Waals surface area contributed by atoms with E-state index in [1.807, 2.05) is 31.6 Å². The van der Waals surface area contributed by atoms with Gasteiger partial charge in [0, 0.05) is 17.0 Å². The second-order valence-corrected chi connectivity index (χ2v) is 7.48. The molecule has 0 aliphatic carbocycles. The number of hydrogen-bond donors (Lipinski definition) is 2. The predicted molar refractivity (Wildman–Crippen MR) is 103 cm³/mol. The second kappa shape index (κ2) is 8.32. The van der Waals surface area contributed by atoms with Gasteiger partial charge in [-0.25, -0.2) is 4.79 Å². The van der Waals surface area contributed by atoms with Gasteiger partial charge in [0.15, 0.2) is 0 Å². The monoisotopic (exact) mass is 386 g/mol. The first-order valence-corrected chi connectivity index (χ1v) is 9.49. The van der Waals surface area contributed by atoms with Gasteiger partial charge in [-0.15, -0.1) is 11.3 Å². The molecule has 1 fully saturated rings. The molecule has 1 aromatic carbocycles. The fourth-order valence-corrected chi connectivity index (χ4v) is 3.89. The van der Waals surface area contributed by atoms with Crippen molar-refractivity contribution in [1.29, 1.82) is 0 Å². The number of thiophene rings is 1. The van der Waals surface area contributed by atoms with Crippen molar-refractivity contribution in [3.05, 3.63) is 57.8 Å². The summed E-state index contributed by atoms with van der Waals surface area (Å²) in [7, 11) is 3.95. The van der Waals surface area contributed by atoms with Gasteiger partial charge in [0.05, 0.1) is 19.1 Å². The van der Waals surface area contributed by atoms with Crippen molar-refractivity contribution in [3.63, 3.8) is 0 Å². The second-order valence-electron chi connectivity index (χ2n) is 6.50. The Morgan fingerprint density at radius 2 is 2.04 bits per heavy atom. The topological polar surface area (TPSA) is 81.8 Å². The van der Waals surface area contributed by atoms with E-state index < -0.39 is 6.03 Å². The fourth-order valence-electron chi connectivity index (χ4n) is 2.97. The molecule has 27 heavy (non-hydrogen) atoms. The molecule has 0 bridgehead atoms. The van der Waals surface area contributed by atoms with Gasteiger partial charge in [-0.1, -0.05) is 24.3 Å². The average Bonchev–Trinajstić information content (AvgIpc) is 3.28. The van der Waals surface area contributed by atoms with Gasteiger partial charge in [-0.05, 0) is 37.2 Å². The Hall–Kier alpha value is -2.71. The number of likely N-dealkylation sites (N-methyl/N-ethyl adjacent to an activating group) is 1. The first kappa shape index (κ1) is 19.1. The van der Waals surface area contributed by atoms with Crippen molar-refractivity contribution in [2.75, 3.05) is 27.2 Å². The third-order valence-electron chi connectivity index (χ3n) is 4.48. The largest absolute Gasteiger partial charge is 0.350 e. The lowest BCUT2D eigenvalue weighted by Gasteiger charge is -2.24. The Morgan fingerprint density at radius 1 is 1.26 bits per heavy atom. The highest BCUT2D eigenvalue weighted by Crippen LogP contribution is 2.22. The molecule has 2 N–H and O–H groups in total. The third kappa shape index (κ3) is 4.35. The van der Waals surface area contributed by atoms with Crippen LogP contribution in [0.3, 0.4) is 0 Å². The van der Waals surface area contributed by atoms with E-state index >= 15 is 0 Å². The van der Waals surface area contributed by atoms with E-state index in [0.29, 0.717) is 17.7 Å². The zero-order valence-corrected chi connectivity index (χ0v) is 16.1. The Bertz CT molecular complexity index is 819. The zero-order chi connectivity index (χ0) is 19.4. The predicted octanol–water partition coefficient (Wildman–Crippen LogP) is 1.83. The van der Waals surface area contributed by atoms with E-state index in [9.17, 15) is 14.4 Å². The van der Waals surface area contributed by atoms with Crippen molar-refractivity contribution < 1.29 is 14.4 Å². The number of urea groups is 1. The Labute approximate surface area is 162 Å². The molecule has 4 amide bonds. The van der Waals surface area contributed by atoms with Crippen LogP contribution in [-0.4, -0.2) is 54.8 Å². The number of benzene rings is 1. The van der Waals surface area contributed by atoms with Crippen molar-refractivity contribution >= 4 is 29.2 Å². The highest BCUT2D eigenvalue weighted by molar-refractivity contribution is 7.10. The van der Waals surface area contributed by atoms with Crippen LogP contribution in [0.2, 0.25) is 0 Å². The van der Waals surface area contributed by atoms with Gasteiger partial charge in [0.1, 0.15) is 0 Å². The van der Waals surface area contributed by atoms with Crippen LogP contribution in [0.25, 0.3) is 0 Å². The molecule has 3 rings (SSSR count). The van der Waals surface area contributed by atoms with Crippen LogP contribution in [-0.2, 0) is 11.3 Å². The van der Waals surface area contributed by atoms with Gasteiger partial charge >= 0.3 is 6.03 Å². The summed E-state index contributed by atoms with van der Waals surface area (Å²) in [4.78, 5) is 40.7. The van der Waals surface area contributed by atoms with Crippen molar-refractivity contribution in [1.82, 2.24) is 20.4 Å². The Balaban J connectivity index is 1.71. The van der Waals surface area contributed by atoms with Gasteiger partial charge in [0.25, 0.3) is 5.91 Å². The molecule has 0 radical (unpaired) electrons. The van der Waals surface area contributed by atoms with Crippen LogP contribution in [0.1, 0.15) is 26.8 Å². The van der Waals surface area contributed by atoms with Crippen LogP contribution in [0.5, 0.6) is 0 Å². The van der Waals surface area contributed by atoms with Crippen LogP contribution < -0.4 is 10.6 Å². The highest BCUT2D eigenvalue weighted by atomic mass is 32.1.